The fourth-order valence-corrected chi connectivity index (χ4v) is 4.61. The number of hydrogen-bond acceptors (Lipinski definition) is 7. The maximum absolute atomic E-state index is 13.3. The largest absolute Gasteiger partial charge is 0.507 e. The van der Waals surface area contributed by atoms with Crippen molar-refractivity contribution in [2.75, 3.05) is 53.1 Å². The molecular weight excluding hydrogens is 460 g/mol. The summed E-state index contributed by atoms with van der Waals surface area (Å²) in [5, 5.41) is 11.4. The summed E-state index contributed by atoms with van der Waals surface area (Å²) in [5.41, 5.74) is 2.01. The number of likely N-dealkylation sites (tertiary alicyclic amines) is 1. The Morgan fingerprint density at radius 3 is 2.44 bits per heavy atom. The van der Waals surface area contributed by atoms with E-state index < -0.39 is 17.7 Å². The molecule has 2 fully saturated rings. The van der Waals surface area contributed by atoms with Crippen molar-refractivity contribution in [1.29, 1.82) is 0 Å². The van der Waals surface area contributed by atoms with E-state index in [0.717, 1.165) is 24.2 Å². The Morgan fingerprint density at radius 1 is 1.11 bits per heavy atom. The SMILES string of the molecule is C=CCOc1ccc(C2C(=C(O)c3ccc(OC)cc3C)C(=O)C(=O)N2CCN2CCOCC2)cc1. The second-order valence-corrected chi connectivity index (χ2v) is 8.80. The van der Waals surface area contributed by atoms with Crippen molar-refractivity contribution in [3.05, 3.63) is 77.4 Å². The lowest BCUT2D eigenvalue weighted by atomic mass is 9.94. The summed E-state index contributed by atoms with van der Waals surface area (Å²) in [4.78, 5) is 30.3. The number of carbonyl (C=O) groups excluding carboxylic acids is 2. The second kappa shape index (κ2) is 11.4. The van der Waals surface area contributed by atoms with Crippen LogP contribution in [0.2, 0.25) is 0 Å². The van der Waals surface area contributed by atoms with Gasteiger partial charge in [-0.15, -0.1) is 0 Å². The fraction of sp³-hybridized carbons (Fsp3) is 0.357. The van der Waals surface area contributed by atoms with Gasteiger partial charge in [-0.2, -0.15) is 0 Å². The maximum atomic E-state index is 13.3. The number of benzene rings is 2. The molecule has 2 heterocycles. The van der Waals surface area contributed by atoms with Gasteiger partial charge in [0.05, 0.1) is 31.9 Å². The maximum Gasteiger partial charge on any atom is 0.295 e. The number of aryl methyl sites for hydroxylation is 1. The molecule has 2 saturated heterocycles. The highest BCUT2D eigenvalue weighted by Gasteiger charge is 2.46. The number of aliphatic hydroxyl groups is 1. The Balaban J connectivity index is 1.73. The van der Waals surface area contributed by atoms with Crippen molar-refractivity contribution >= 4 is 17.4 Å². The van der Waals surface area contributed by atoms with Crippen molar-refractivity contribution < 1.29 is 28.9 Å². The molecule has 0 aliphatic carbocycles. The monoisotopic (exact) mass is 492 g/mol. The number of ketones is 1. The van der Waals surface area contributed by atoms with Crippen LogP contribution < -0.4 is 9.47 Å². The van der Waals surface area contributed by atoms with Gasteiger partial charge in [-0.1, -0.05) is 24.8 Å². The first-order valence-corrected chi connectivity index (χ1v) is 12.0. The normalized spacial score (nSPS) is 19.9. The number of ether oxygens (including phenoxy) is 3. The Bertz CT molecular complexity index is 1150. The first-order valence-electron chi connectivity index (χ1n) is 12.0. The number of methoxy groups -OCH3 is 1. The molecule has 0 spiro atoms. The highest BCUT2D eigenvalue weighted by atomic mass is 16.5. The fourth-order valence-electron chi connectivity index (χ4n) is 4.61. The standard InChI is InChI=1S/C28H32N2O6/c1-4-15-36-21-7-5-20(6-8-21)25-24(26(31)23-10-9-22(34-3)18-19(23)2)27(32)28(33)30(25)12-11-29-13-16-35-17-14-29/h4-10,18,25,31H,1,11-17H2,2-3H3. The Labute approximate surface area is 211 Å². The zero-order valence-corrected chi connectivity index (χ0v) is 20.7. The average Bonchev–Trinajstić information content (AvgIpc) is 3.16. The Morgan fingerprint density at radius 2 is 1.81 bits per heavy atom. The van der Waals surface area contributed by atoms with Crippen molar-refractivity contribution in [2.24, 2.45) is 0 Å². The summed E-state index contributed by atoms with van der Waals surface area (Å²) in [6.45, 7) is 9.64. The van der Waals surface area contributed by atoms with Gasteiger partial charge in [0.1, 0.15) is 23.9 Å². The van der Waals surface area contributed by atoms with Crippen molar-refractivity contribution in [1.82, 2.24) is 9.80 Å². The molecule has 4 rings (SSSR count). The number of morpholine rings is 1. The van der Waals surface area contributed by atoms with Crippen LogP contribution in [-0.4, -0.2) is 79.7 Å². The molecule has 0 aromatic heterocycles. The smallest absolute Gasteiger partial charge is 0.295 e. The molecule has 8 heteroatoms. The van der Waals surface area contributed by atoms with Crippen LogP contribution in [0.3, 0.4) is 0 Å². The summed E-state index contributed by atoms with van der Waals surface area (Å²) in [7, 11) is 1.57. The number of rotatable bonds is 9. The number of hydrogen-bond donors (Lipinski definition) is 1. The molecule has 2 aromatic carbocycles. The topological polar surface area (TPSA) is 88.5 Å². The van der Waals surface area contributed by atoms with E-state index in [1.54, 1.807) is 48.4 Å². The van der Waals surface area contributed by atoms with Gasteiger partial charge >= 0.3 is 0 Å². The third-order valence-electron chi connectivity index (χ3n) is 6.55. The van der Waals surface area contributed by atoms with Crippen LogP contribution in [0.15, 0.2) is 60.7 Å². The van der Waals surface area contributed by atoms with Crippen LogP contribution in [0.1, 0.15) is 22.7 Å². The van der Waals surface area contributed by atoms with Crippen molar-refractivity contribution in [3.63, 3.8) is 0 Å². The molecule has 2 aromatic rings. The zero-order valence-electron chi connectivity index (χ0n) is 20.7. The molecule has 1 atom stereocenters. The van der Waals surface area contributed by atoms with Gasteiger partial charge in [-0.05, 0) is 48.4 Å². The number of nitrogens with zero attached hydrogens (tertiary/aromatic N) is 2. The van der Waals surface area contributed by atoms with E-state index >= 15 is 0 Å². The van der Waals surface area contributed by atoms with E-state index in [0.29, 0.717) is 50.0 Å². The van der Waals surface area contributed by atoms with Gasteiger partial charge in [0.15, 0.2) is 0 Å². The molecular formula is C28H32N2O6. The summed E-state index contributed by atoms with van der Waals surface area (Å²) < 4.78 is 16.3. The summed E-state index contributed by atoms with van der Waals surface area (Å²) >= 11 is 0. The summed E-state index contributed by atoms with van der Waals surface area (Å²) in [6, 6.07) is 11.7. The number of amides is 1. The molecule has 1 N–H and O–H groups in total. The average molecular weight is 493 g/mol. The van der Waals surface area contributed by atoms with Gasteiger partial charge < -0.3 is 24.2 Å². The van der Waals surface area contributed by atoms with Crippen LogP contribution in [0, 0.1) is 6.92 Å². The van der Waals surface area contributed by atoms with E-state index in [2.05, 4.69) is 11.5 Å². The van der Waals surface area contributed by atoms with E-state index in [4.69, 9.17) is 14.2 Å². The van der Waals surface area contributed by atoms with E-state index in [9.17, 15) is 14.7 Å². The molecule has 0 saturated carbocycles. The lowest BCUT2D eigenvalue weighted by molar-refractivity contribution is -0.140. The quantitative estimate of drug-likeness (QED) is 0.249. The van der Waals surface area contributed by atoms with Gasteiger partial charge in [0.2, 0.25) is 0 Å². The van der Waals surface area contributed by atoms with Crippen LogP contribution in [0.25, 0.3) is 5.76 Å². The minimum Gasteiger partial charge on any atom is -0.507 e. The first kappa shape index (κ1) is 25.5. The number of aliphatic hydroxyl groups excluding tert-OH is 1. The third kappa shape index (κ3) is 5.29. The number of Topliss-reactive ketones (excluding diaryl/α,β-unsaturated/α-hetero) is 1. The van der Waals surface area contributed by atoms with Gasteiger partial charge in [0.25, 0.3) is 11.7 Å². The Kier molecular flexibility index (Phi) is 8.07. The van der Waals surface area contributed by atoms with Gasteiger partial charge in [0, 0.05) is 31.7 Å². The van der Waals surface area contributed by atoms with Crippen LogP contribution in [-0.2, 0) is 14.3 Å². The Hall–Kier alpha value is -3.62. The second-order valence-electron chi connectivity index (χ2n) is 8.80. The number of carbonyl (C=O) groups is 2. The van der Waals surface area contributed by atoms with Gasteiger partial charge in [-0.25, -0.2) is 0 Å². The van der Waals surface area contributed by atoms with Crippen molar-refractivity contribution in [3.8, 4) is 11.5 Å². The molecule has 190 valence electrons. The summed E-state index contributed by atoms with van der Waals surface area (Å²) in [6.07, 6.45) is 1.66. The molecule has 1 unspecified atom stereocenters. The molecule has 2 aliphatic rings. The highest BCUT2D eigenvalue weighted by molar-refractivity contribution is 6.46. The molecule has 0 radical (unpaired) electrons. The third-order valence-corrected chi connectivity index (χ3v) is 6.55. The zero-order chi connectivity index (χ0) is 25.7. The van der Waals surface area contributed by atoms with Crippen LogP contribution in [0.5, 0.6) is 11.5 Å². The molecule has 36 heavy (non-hydrogen) atoms. The summed E-state index contributed by atoms with van der Waals surface area (Å²) in [5.74, 6) is -0.217. The molecule has 8 nitrogen and oxygen atoms in total. The van der Waals surface area contributed by atoms with E-state index in [-0.39, 0.29) is 11.3 Å². The lowest BCUT2D eigenvalue weighted by Crippen LogP contribution is -2.42. The van der Waals surface area contributed by atoms with Gasteiger partial charge in [-0.3, -0.25) is 14.5 Å². The minimum atomic E-state index is -0.721. The minimum absolute atomic E-state index is 0.0787. The van der Waals surface area contributed by atoms with Crippen LogP contribution >= 0.6 is 0 Å². The molecule has 0 bridgehead atoms. The van der Waals surface area contributed by atoms with Crippen LogP contribution in [0.4, 0.5) is 0 Å². The predicted octanol–water partition coefficient (Wildman–Crippen LogP) is 3.32. The van der Waals surface area contributed by atoms with E-state index in [1.165, 1.54) is 0 Å². The predicted molar refractivity (Wildman–Crippen MR) is 136 cm³/mol. The molecule has 2 aliphatic heterocycles. The lowest BCUT2D eigenvalue weighted by Gasteiger charge is -2.31. The highest BCUT2D eigenvalue weighted by Crippen LogP contribution is 2.40. The molecule has 1 amide bonds. The first-order chi connectivity index (χ1) is 17.4. The van der Waals surface area contributed by atoms with E-state index in [1.807, 2.05) is 19.1 Å². The van der Waals surface area contributed by atoms with Crippen molar-refractivity contribution in [2.45, 2.75) is 13.0 Å².